The number of carboxylic acids is 1. The molecular weight excluding hydrogens is 514 g/mol. The number of carboxylic acid groups (broad SMARTS) is 1. The summed E-state index contributed by atoms with van der Waals surface area (Å²) >= 11 is 7.70. The highest BCUT2D eigenvalue weighted by Gasteiger charge is 2.39. The monoisotopic (exact) mass is 537 g/mol. The van der Waals surface area contributed by atoms with Gasteiger partial charge >= 0.3 is 5.97 Å². The number of methoxy groups -OCH3 is 1. The predicted octanol–water partition coefficient (Wildman–Crippen LogP) is 5.96. The van der Waals surface area contributed by atoms with Crippen LogP contribution in [0, 0.1) is 5.92 Å². The van der Waals surface area contributed by atoms with Crippen molar-refractivity contribution in [2.45, 2.75) is 31.7 Å². The van der Waals surface area contributed by atoms with Crippen molar-refractivity contribution in [3.8, 4) is 28.3 Å². The summed E-state index contributed by atoms with van der Waals surface area (Å²) < 4.78 is 10.6. The molecule has 3 heterocycles. The number of nitrogens with zero attached hydrogens (tertiary/aromatic N) is 3. The van der Waals surface area contributed by atoms with E-state index in [-0.39, 0.29) is 24.8 Å². The second kappa shape index (κ2) is 10.7. The van der Waals surface area contributed by atoms with Crippen LogP contribution in [-0.4, -0.2) is 40.1 Å². The fourth-order valence-electron chi connectivity index (χ4n) is 4.23. The average Bonchev–Trinajstić information content (AvgIpc) is 3.36. The zero-order valence-corrected chi connectivity index (χ0v) is 21.5. The summed E-state index contributed by atoms with van der Waals surface area (Å²) in [6.45, 7) is 0. The minimum absolute atomic E-state index is 0.00372. The summed E-state index contributed by atoms with van der Waals surface area (Å²) in [6.07, 6.45) is 4.86. The van der Waals surface area contributed by atoms with Crippen LogP contribution in [-0.2, 0) is 16.0 Å². The Bertz CT molecular complexity index is 1400. The van der Waals surface area contributed by atoms with Crippen molar-refractivity contribution < 1.29 is 23.8 Å². The first-order valence-corrected chi connectivity index (χ1v) is 13.0. The lowest BCUT2D eigenvalue weighted by atomic mass is 9.98. The number of hydrogen-bond acceptors (Lipinski definition) is 7. The smallest absolute Gasteiger partial charge is 0.304 e. The van der Waals surface area contributed by atoms with Crippen LogP contribution >= 0.6 is 22.9 Å². The van der Waals surface area contributed by atoms with Gasteiger partial charge in [-0.25, -0.2) is 9.97 Å². The van der Waals surface area contributed by atoms with E-state index in [1.807, 2.05) is 29.6 Å². The summed E-state index contributed by atoms with van der Waals surface area (Å²) in [6, 6.07) is 12.7. The van der Waals surface area contributed by atoms with Crippen LogP contribution in [0.2, 0.25) is 5.02 Å². The predicted molar refractivity (Wildman–Crippen MR) is 141 cm³/mol. The molecule has 10 heteroatoms. The van der Waals surface area contributed by atoms with Crippen molar-refractivity contribution in [1.29, 1.82) is 0 Å². The maximum atomic E-state index is 13.7. The number of thiazole rings is 1. The number of hydrogen-bond donors (Lipinski definition) is 1. The Hall–Kier alpha value is -3.69. The molecule has 0 unspecified atom stereocenters. The molecule has 0 bridgehead atoms. The molecule has 0 radical (unpaired) electrons. The number of ether oxygens (including phenoxy) is 1. The zero-order chi connectivity index (χ0) is 25.9. The van der Waals surface area contributed by atoms with Crippen LogP contribution < -0.4 is 9.64 Å². The van der Waals surface area contributed by atoms with Crippen molar-refractivity contribution in [2.75, 3.05) is 12.0 Å². The van der Waals surface area contributed by atoms with Gasteiger partial charge < -0.3 is 14.3 Å². The molecule has 1 atom stereocenters. The molecule has 8 nitrogen and oxygen atoms in total. The average molecular weight is 538 g/mol. The minimum atomic E-state index is -1.03. The van der Waals surface area contributed by atoms with Gasteiger partial charge in [0.05, 0.1) is 31.4 Å². The Kier molecular flexibility index (Phi) is 7.25. The summed E-state index contributed by atoms with van der Waals surface area (Å²) in [5, 5.41) is 12.5. The first-order valence-electron chi connectivity index (χ1n) is 11.8. The van der Waals surface area contributed by atoms with E-state index in [0.717, 1.165) is 29.5 Å². The Morgan fingerprint density at radius 1 is 1.24 bits per heavy atom. The highest BCUT2D eigenvalue weighted by Crippen LogP contribution is 2.40. The van der Waals surface area contributed by atoms with Crippen molar-refractivity contribution in [3.05, 3.63) is 71.1 Å². The summed E-state index contributed by atoms with van der Waals surface area (Å²) in [4.78, 5) is 36.1. The zero-order valence-electron chi connectivity index (χ0n) is 20.0. The molecule has 1 N–H and O–H groups in total. The molecule has 1 aromatic carbocycles. The number of amides is 1. The third-order valence-corrected chi connectivity index (χ3v) is 7.23. The van der Waals surface area contributed by atoms with E-state index < -0.39 is 11.9 Å². The lowest BCUT2D eigenvalue weighted by molar-refractivity contribution is -0.140. The Labute approximate surface area is 222 Å². The van der Waals surface area contributed by atoms with E-state index in [2.05, 4.69) is 4.98 Å². The normalized spacial score (nSPS) is 13.8. The van der Waals surface area contributed by atoms with Crippen LogP contribution in [0.25, 0.3) is 22.4 Å². The second-order valence-electron chi connectivity index (χ2n) is 8.81. The number of rotatable bonds is 10. The van der Waals surface area contributed by atoms with Crippen LogP contribution in [0.4, 0.5) is 5.13 Å². The van der Waals surface area contributed by atoms with E-state index in [0.29, 0.717) is 27.5 Å². The summed E-state index contributed by atoms with van der Waals surface area (Å²) in [7, 11) is 1.56. The number of aliphatic carboxylic acids is 1. The number of halogens is 1. The van der Waals surface area contributed by atoms with Crippen molar-refractivity contribution in [3.63, 3.8) is 0 Å². The van der Waals surface area contributed by atoms with Gasteiger partial charge in [-0.05, 0) is 48.7 Å². The summed E-state index contributed by atoms with van der Waals surface area (Å²) in [5.41, 5.74) is 3.25. The second-order valence-corrected chi connectivity index (χ2v) is 10.1. The maximum absolute atomic E-state index is 13.7. The first-order chi connectivity index (χ1) is 17.9. The Morgan fingerprint density at radius 2 is 2.08 bits per heavy atom. The molecule has 37 heavy (non-hydrogen) atoms. The molecule has 190 valence electrons. The van der Waals surface area contributed by atoms with Gasteiger partial charge in [0.25, 0.3) is 0 Å². The number of carbonyl (C=O) groups is 2. The van der Waals surface area contributed by atoms with Gasteiger partial charge in [-0.3, -0.25) is 14.5 Å². The largest absolute Gasteiger partial charge is 0.481 e. The number of carbonyl (C=O) groups excluding carboxylic acids is 1. The Balaban J connectivity index is 1.48. The molecule has 1 aliphatic rings. The lowest BCUT2D eigenvalue weighted by Gasteiger charge is -2.24. The molecule has 0 aliphatic heterocycles. The number of benzene rings is 1. The van der Waals surface area contributed by atoms with Gasteiger partial charge in [0, 0.05) is 46.3 Å². The van der Waals surface area contributed by atoms with Crippen molar-refractivity contribution >= 4 is 39.9 Å². The molecule has 1 aliphatic carbocycles. The highest BCUT2D eigenvalue weighted by atomic mass is 35.5. The van der Waals surface area contributed by atoms with Gasteiger partial charge in [0.15, 0.2) is 5.13 Å². The molecule has 1 saturated carbocycles. The van der Waals surface area contributed by atoms with Gasteiger partial charge in [-0.2, -0.15) is 0 Å². The van der Waals surface area contributed by atoms with E-state index >= 15 is 0 Å². The summed E-state index contributed by atoms with van der Waals surface area (Å²) in [5.74, 6) is -0.958. The molecule has 5 rings (SSSR count). The van der Waals surface area contributed by atoms with Gasteiger partial charge in [0.1, 0.15) is 5.76 Å². The van der Waals surface area contributed by atoms with Crippen LogP contribution in [0.3, 0.4) is 0 Å². The molecule has 1 amide bonds. The van der Waals surface area contributed by atoms with Crippen LogP contribution in [0.1, 0.15) is 25.0 Å². The number of aromatic nitrogens is 2. The quantitative estimate of drug-likeness (QED) is 0.266. The Morgan fingerprint density at radius 3 is 2.73 bits per heavy atom. The fourth-order valence-corrected chi connectivity index (χ4v) is 5.30. The third-order valence-electron chi connectivity index (χ3n) is 6.16. The first kappa shape index (κ1) is 25.0. The molecule has 0 saturated heterocycles. The molecule has 3 aromatic heterocycles. The molecule has 1 fully saturated rings. The fraction of sp³-hybridized carbons (Fsp3) is 0.259. The number of furan rings is 1. The van der Waals surface area contributed by atoms with Crippen LogP contribution in [0.5, 0.6) is 5.88 Å². The van der Waals surface area contributed by atoms with Crippen LogP contribution in [0.15, 0.2) is 64.7 Å². The maximum Gasteiger partial charge on any atom is 0.304 e. The lowest BCUT2D eigenvalue weighted by Crippen LogP contribution is -2.39. The SMILES string of the molecule is COc1ccc(-c2ccc(Cl)cc2-c2csc(N(C(=O)[C@@H](CC(=O)O)Cc3ccco3)C3CC3)n2)cn1. The number of pyridine rings is 1. The van der Waals surface area contributed by atoms with Gasteiger partial charge in [0.2, 0.25) is 11.8 Å². The topological polar surface area (TPSA) is 106 Å². The molecular formula is C27H24ClN3O5S. The van der Waals surface area contributed by atoms with Gasteiger partial charge in [-0.15, -0.1) is 11.3 Å². The standard InChI is InChI=1S/C27H24ClN3O5S/c1-35-24-9-4-16(14-29-24)21-8-5-18(28)13-22(21)23-15-37-27(30-23)31(19-6-7-19)26(34)17(12-25(32)33)11-20-3-2-10-36-20/h2-5,8-10,13-15,17,19H,6-7,11-12H2,1H3,(H,32,33)/t17-/m1/s1. The molecule has 4 aromatic rings. The number of anilines is 1. The van der Waals surface area contributed by atoms with E-state index in [1.54, 1.807) is 36.4 Å². The van der Waals surface area contributed by atoms with Gasteiger partial charge in [-0.1, -0.05) is 17.7 Å². The van der Waals surface area contributed by atoms with Crippen molar-refractivity contribution in [1.82, 2.24) is 9.97 Å². The van der Waals surface area contributed by atoms with E-state index in [1.165, 1.54) is 17.6 Å². The third kappa shape index (κ3) is 5.68. The highest BCUT2D eigenvalue weighted by molar-refractivity contribution is 7.14. The minimum Gasteiger partial charge on any atom is -0.481 e. The molecule has 0 spiro atoms. The van der Waals surface area contributed by atoms with E-state index in [4.69, 9.17) is 25.7 Å². The van der Waals surface area contributed by atoms with Crippen molar-refractivity contribution in [2.24, 2.45) is 5.92 Å². The van der Waals surface area contributed by atoms with E-state index in [9.17, 15) is 14.7 Å².